The lowest BCUT2D eigenvalue weighted by Gasteiger charge is -2.22. The van der Waals surface area contributed by atoms with Gasteiger partial charge in [-0.05, 0) is 24.3 Å². The second-order valence-electron chi connectivity index (χ2n) is 4.14. The van der Waals surface area contributed by atoms with Crippen LogP contribution in [0.2, 0.25) is 0 Å². The number of amides is 1. The average molecular weight is 290 g/mol. The predicted molar refractivity (Wildman–Crippen MR) is 64.4 cm³/mol. The molecule has 0 spiro atoms. The molecule has 1 heterocycles. The first-order valence-electron chi connectivity index (χ1n) is 5.92. The number of hydrogen-bond acceptors (Lipinski definition) is 4. The van der Waals surface area contributed by atoms with Gasteiger partial charge in [-0.15, -0.1) is 13.2 Å². The first-order valence-corrected chi connectivity index (χ1v) is 5.92. The lowest BCUT2D eigenvalue weighted by molar-refractivity contribution is -0.274. The van der Waals surface area contributed by atoms with Crippen molar-refractivity contribution in [2.75, 3.05) is 25.1 Å². The molecule has 0 saturated carbocycles. The maximum Gasteiger partial charge on any atom is 0.573 e. The van der Waals surface area contributed by atoms with Gasteiger partial charge in [0, 0.05) is 12.2 Å². The lowest BCUT2D eigenvalue weighted by Crippen LogP contribution is -2.48. The molecular formula is C12H13F3N2O3. The van der Waals surface area contributed by atoms with Crippen LogP contribution in [0.5, 0.6) is 5.75 Å². The first-order chi connectivity index (χ1) is 9.44. The van der Waals surface area contributed by atoms with E-state index in [2.05, 4.69) is 15.4 Å². The molecule has 1 unspecified atom stereocenters. The number of rotatable bonds is 3. The van der Waals surface area contributed by atoms with Crippen molar-refractivity contribution in [3.8, 4) is 5.75 Å². The van der Waals surface area contributed by atoms with Crippen LogP contribution < -0.4 is 15.4 Å². The molecule has 20 heavy (non-hydrogen) atoms. The highest BCUT2D eigenvalue weighted by Gasteiger charge is 2.31. The molecule has 110 valence electrons. The number of anilines is 1. The summed E-state index contributed by atoms with van der Waals surface area (Å²) in [6.45, 7) is 1.39. The molecule has 1 aliphatic rings. The Balaban J connectivity index is 1.91. The van der Waals surface area contributed by atoms with Crippen LogP contribution >= 0.6 is 0 Å². The number of alkyl halides is 3. The fourth-order valence-corrected chi connectivity index (χ4v) is 1.70. The van der Waals surface area contributed by atoms with E-state index < -0.39 is 12.4 Å². The van der Waals surface area contributed by atoms with E-state index in [1.807, 2.05) is 0 Å². The van der Waals surface area contributed by atoms with Gasteiger partial charge in [-0.25, -0.2) is 0 Å². The second-order valence-corrected chi connectivity index (χ2v) is 4.14. The first kappa shape index (κ1) is 14.6. The fourth-order valence-electron chi connectivity index (χ4n) is 1.70. The summed E-state index contributed by atoms with van der Waals surface area (Å²) >= 11 is 0. The number of benzene rings is 1. The summed E-state index contributed by atoms with van der Waals surface area (Å²) in [7, 11) is 0. The van der Waals surface area contributed by atoms with Gasteiger partial charge in [-0.2, -0.15) is 0 Å². The van der Waals surface area contributed by atoms with E-state index >= 15 is 0 Å². The van der Waals surface area contributed by atoms with Crippen molar-refractivity contribution in [2.45, 2.75) is 12.4 Å². The zero-order chi connectivity index (χ0) is 14.6. The minimum Gasteiger partial charge on any atom is -0.406 e. The molecule has 8 heteroatoms. The van der Waals surface area contributed by atoms with E-state index in [0.29, 0.717) is 18.8 Å². The Labute approximate surface area is 113 Å². The number of halogens is 3. The zero-order valence-electron chi connectivity index (χ0n) is 10.4. The summed E-state index contributed by atoms with van der Waals surface area (Å²) in [6, 6.07) is 4.47. The summed E-state index contributed by atoms with van der Waals surface area (Å²) in [4.78, 5) is 11.8. The maximum atomic E-state index is 12.0. The van der Waals surface area contributed by atoms with Gasteiger partial charge in [0.15, 0.2) is 0 Å². The molecule has 1 atom stereocenters. The van der Waals surface area contributed by atoms with Gasteiger partial charge in [0.2, 0.25) is 5.91 Å². The van der Waals surface area contributed by atoms with E-state index in [4.69, 9.17) is 4.74 Å². The molecule has 0 radical (unpaired) electrons. The Morgan fingerprint density at radius 3 is 2.60 bits per heavy atom. The van der Waals surface area contributed by atoms with Gasteiger partial charge >= 0.3 is 6.36 Å². The summed E-state index contributed by atoms with van der Waals surface area (Å²) in [5, 5.41) is 5.55. The third-order valence-electron chi connectivity index (χ3n) is 2.59. The van der Waals surface area contributed by atoms with Gasteiger partial charge in [0.25, 0.3) is 0 Å². The molecule has 0 aromatic heterocycles. The highest BCUT2D eigenvalue weighted by Crippen LogP contribution is 2.23. The quantitative estimate of drug-likeness (QED) is 0.886. The van der Waals surface area contributed by atoms with Crippen LogP contribution in [-0.4, -0.2) is 38.1 Å². The van der Waals surface area contributed by atoms with Crippen LogP contribution in [0.3, 0.4) is 0 Å². The Hall–Kier alpha value is -1.80. The van der Waals surface area contributed by atoms with E-state index in [9.17, 15) is 18.0 Å². The van der Waals surface area contributed by atoms with Gasteiger partial charge in [0.1, 0.15) is 11.8 Å². The van der Waals surface area contributed by atoms with Crippen LogP contribution in [0, 0.1) is 0 Å². The number of carbonyl (C=O) groups excluding carboxylic acids is 1. The topological polar surface area (TPSA) is 59.6 Å². The minimum atomic E-state index is -4.73. The number of nitrogens with one attached hydrogen (secondary N) is 2. The molecule has 2 rings (SSSR count). The number of carbonyl (C=O) groups is 1. The van der Waals surface area contributed by atoms with E-state index in [1.165, 1.54) is 12.1 Å². The monoisotopic (exact) mass is 290 g/mol. The molecule has 1 aromatic rings. The van der Waals surface area contributed by atoms with Gasteiger partial charge < -0.3 is 20.1 Å². The number of hydrogen-bond donors (Lipinski definition) is 2. The van der Waals surface area contributed by atoms with E-state index in [0.717, 1.165) is 12.1 Å². The average Bonchev–Trinajstić information content (AvgIpc) is 2.40. The van der Waals surface area contributed by atoms with Crippen molar-refractivity contribution in [2.24, 2.45) is 0 Å². The molecule has 0 bridgehead atoms. The summed E-state index contributed by atoms with van der Waals surface area (Å²) in [5.74, 6) is -0.635. The van der Waals surface area contributed by atoms with E-state index in [-0.39, 0.29) is 18.3 Å². The summed E-state index contributed by atoms with van der Waals surface area (Å²) in [5.41, 5.74) is 0.386. The number of morpholine rings is 1. The van der Waals surface area contributed by atoms with Crippen LogP contribution in [0.1, 0.15) is 0 Å². The Kier molecular flexibility index (Phi) is 4.46. The molecule has 0 aliphatic carbocycles. The Morgan fingerprint density at radius 1 is 1.35 bits per heavy atom. The van der Waals surface area contributed by atoms with E-state index in [1.54, 1.807) is 0 Å². The Morgan fingerprint density at radius 2 is 2.05 bits per heavy atom. The molecule has 2 N–H and O–H groups in total. The minimum absolute atomic E-state index is 0.265. The van der Waals surface area contributed by atoms with Crippen LogP contribution in [0.25, 0.3) is 0 Å². The predicted octanol–water partition coefficient (Wildman–Crippen LogP) is 1.51. The third kappa shape index (κ3) is 4.39. The lowest BCUT2D eigenvalue weighted by atomic mass is 10.2. The Bertz CT molecular complexity index is 456. The molecule has 1 aromatic carbocycles. The van der Waals surface area contributed by atoms with Crippen molar-refractivity contribution < 1.29 is 27.4 Å². The van der Waals surface area contributed by atoms with Crippen LogP contribution in [0.15, 0.2) is 24.3 Å². The van der Waals surface area contributed by atoms with Crippen LogP contribution in [0.4, 0.5) is 18.9 Å². The largest absolute Gasteiger partial charge is 0.573 e. The highest BCUT2D eigenvalue weighted by molar-refractivity contribution is 5.95. The van der Waals surface area contributed by atoms with Crippen molar-refractivity contribution >= 4 is 11.6 Å². The molecular weight excluding hydrogens is 277 g/mol. The third-order valence-corrected chi connectivity index (χ3v) is 2.59. The van der Waals surface area contributed by atoms with Crippen molar-refractivity contribution in [1.82, 2.24) is 5.32 Å². The molecule has 1 fully saturated rings. The fraction of sp³-hybridized carbons (Fsp3) is 0.417. The second kappa shape index (κ2) is 6.10. The van der Waals surface area contributed by atoms with Crippen molar-refractivity contribution in [1.29, 1.82) is 0 Å². The van der Waals surface area contributed by atoms with Gasteiger partial charge in [-0.3, -0.25) is 4.79 Å². The van der Waals surface area contributed by atoms with Crippen molar-refractivity contribution in [3.05, 3.63) is 24.3 Å². The summed E-state index contributed by atoms with van der Waals surface area (Å²) < 4.78 is 44.8. The molecule has 5 nitrogen and oxygen atoms in total. The highest BCUT2D eigenvalue weighted by atomic mass is 19.4. The standard InChI is InChI=1S/C12H13F3N2O3/c13-12(14,15)20-9-3-1-8(2-4-9)17-11(18)10-7-19-6-5-16-10/h1-4,10,16H,5-7H2,(H,17,18). The maximum absolute atomic E-state index is 12.0. The van der Waals surface area contributed by atoms with Crippen LogP contribution in [-0.2, 0) is 9.53 Å². The zero-order valence-corrected chi connectivity index (χ0v) is 10.4. The summed E-state index contributed by atoms with van der Waals surface area (Å²) in [6.07, 6.45) is -4.73. The normalized spacial score (nSPS) is 19.4. The molecule has 1 amide bonds. The molecule has 1 aliphatic heterocycles. The van der Waals surface area contributed by atoms with Gasteiger partial charge in [-0.1, -0.05) is 0 Å². The van der Waals surface area contributed by atoms with Crippen molar-refractivity contribution in [3.63, 3.8) is 0 Å². The SMILES string of the molecule is O=C(Nc1ccc(OC(F)(F)F)cc1)C1COCCN1. The molecule has 1 saturated heterocycles. The van der Waals surface area contributed by atoms with Gasteiger partial charge in [0.05, 0.1) is 13.2 Å². The number of ether oxygens (including phenoxy) is 2. The smallest absolute Gasteiger partial charge is 0.406 e.